The Labute approximate surface area is 134 Å². The minimum Gasteiger partial charge on any atom is -0.506 e. The number of anilines is 1. The van der Waals surface area contributed by atoms with Gasteiger partial charge in [0.05, 0.1) is 11.4 Å². The lowest BCUT2D eigenvalue weighted by molar-refractivity contribution is -0.113. The summed E-state index contributed by atoms with van der Waals surface area (Å²) in [6.45, 7) is 5.81. The molecule has 122 valence electrons. The van der Waals surface area contributed by atoms with Crippen LogP contribution in [0.2, 0.25) is 0 Å². The molecule has 0 saturated heterocycles. The maximum absolute atomic E-state index is 11.7. The summed E-state index contributed by atoms with van der Waals surface area (Å²) in [5, 5.41) is 14.8. The first-order chi connectivity index (χ1) is 10.3. The van der Waals surface area contributed by atoms with Crippen LogP contribution in [0.1, 0.15) is 20.8 Å². The molecule has 0 heterocycles. The highest BCUT2D eigenvalue weighted by Gasteiger charge is 2.15. The van der Waals surface area contributed by atoms with Crippen molar-refractivity contribution in [3.8, 4) is 5.75 Å². The van der Waals surface area contributed by atoms with Gasteiger partial charge in [-0.3, -0.25) is 4.79 Å². The molecule has 7 heteroatoms. The van der Waals surface area contributed by atoms with Crippen molar-refractivity contribution in [2.24, 2.45) is 0 Å². The number of amides is 2. The molecule has 0 spiro atoms. The first kappa shape index (κ1) is 18.2. The van der Waals surface area contributed by atoms with Crippen molar-refractivity contribution in [1.82, 2.24) is 5.32 Å². The molecule has 0 atom stereocenters. The number of phenolic OH excluding ortho intramolecular Hbond substituents is 1. The minimum atomic E-state index is -0.519. The number of ether oxygens (including phenoxy) is 1. The number of hydrogen-bond donors (Lipinski definition) is 3. The Morgan fingerprint density at radius 1 is 1.27 bits per heavy atom. The number of nitrogens with one attached hydrogen (secondary N) is 2. The smallest absolute Gasteiger partial charge is 0.407 e. The van der Waals surface area contributed by atoms with E-state index in [4.69, 9.17) is 4.74 Å². The number of hydrogen-bond acceptors (Lipinski definition) is 5. The number of benzene rings is 1. The van der Waals surface area contributed by atoms with Gasteiger partial charge in [-0.15, -0.1) is 0 Å². The van der Waals surface area contributed by atoms with Crippen molar-refractivity contribution in [2.75, 3.05) is 23.4 Å². The van der Waals surface area contributed by atoms with Crippen LogP contribution in [0.3, 0.4) is 0 Å². The van der Waals surface area contributed by atoms with Gasteiger partial charge in [-0.05, 0) is 32.9 Å². The van der Waals surface area contributed by atoms with E-state index >= 15 is 0 Å². The molecular formula is C15H22N2O4S. The van der Waals surface area contributed by atoms with Crippen molar-refractivity contribution in [3.05, 3.63) is 24.3 Å². The standard InChI is InChI=1S/C15H22N2O4S/c1-15(2,3)21-14(20)16-8-9-22-10-13(19)17-11-6-4-5-7-12(11)18/h4-7,18H,8-10H2,1-3H3,(H,16,20)(H,17,19). The Morgan fingerprint density at radius 2 is 1.95 bits per heavy atom. The second-order valence-electron chi connectivity index (χ2n) is 5.55. The Bertz CT molecular complexity index is 515. The lowest BCUT2D eigenvalue weighted by Crippen LogP contribution is -2.33. The summed E-state index contributed by atoms with van der Waals surface area (Å²) >= 11 is 1.38. The molecule has 3 N–H and O–H groups in total. The molecule has 1 aromatic carbocycles. The fraction of sp³-hybridized carbons (Fsp3) is 0.467. The zero-order valence-electron chi connectivity index (χ0n) is 13.0. The van der Waals surface area contributed by atoms with Crippen molar-refractivity contribution in [1.29, 1.82) is 0 Å². The highest BCUT2D eigenvalue weighted by Crippen LogP contribution is 2.21. The Morgan fingerprint density at radius 3 is 2.59 bits per heavy atom. The molecule has 0 aliphatic heterocycles. The van der Waals surface area contributed by atoms with E-state index in [1.165, 1.54) is 17.8 Å². The third-order valence-electron chi connectivity index (χ3n) is 2.33. The number of aromatic hydroxyl groups is 1. The highest BCUT2D eigenvalue weighted by molar-refractivity contribution is 7.99. The van der Waals surface area contributed by atoms with E-state index in [-0.39, 0.29) is 17.4 Å². The molecule has 0 aliphatic carbocycles. The van der Waals surface area contributed by atoms with E-state index in [2.05, 4.69) is 10.6 Å². The number of para-hydroxylation sites is 2. The van der Waals surface area contributed by atoms with Crippen LogP contribution in [-0.4, -0.2) is 40.8 Å². The number of rotatable bonds is 6. The van der Waals surface area contributed by atoms with Crippen LogP contribution in [0.25, 0.3) is 0 Å². The van der Waals surface area contributed by atoms with E-state index in [1.54, 1.807) is 39.0 Å². The summed E-state index contributed by atoms with van der Waals surface area (Å²) in [4.78, 5) is 23.1. The molecule has 0 radical (unpaired) electrons. The second kappa shape index (κ2) is 8.53. The summed E-state index contributed by atoms with van der Waals surface area (Å²) in [7, 11) is 0. The zero-order chi connectivity index (χ0) is 16.6. The van der Waals surface area contributed by atoms with Gasteiger partial charge in [-0.2, -0.15) is 11.8 Å². The summed E-state index contributed by atoms with van der Waals surface area (Å²) in [6.07, 6.45) is -0.466. The number of thioether (sulfide) groups is 1. The van der Waals surface area contributed by atoms with E-state index in [0.717, 1.165) is 0 Å². The number of phenols is 1. The van der Waals surface area contributed by atoms with Crippen LogP contribution < -0.4 is 10.6 Å². The summed E-state index contributed by atoms with van der Waals surface area (Å²) in [5.74, 6) is 0.661. The van der Waals surface area contributed by atoms with Crippen LogP contribution in [0.15, 0.2) is 24.3 Å². The third-order valence-corrected chi connectivity index (χ3v) is 3.29. The maximum Gasteiger partial charge on any atom is 0.407 e. The average molecular weight is 326 g/mol. The molecule has 0 saturated carbocycles. The molecule has 0 fully saturated rings. The highest BCUT2D eigenvalue weighted by atomic mass is 32.2. The quantitative estimate of drug-likeness (QED) is 0.552. The van der Waals surface area contributed by atoms with Crippen molar-refractivity contribution >= 4 is 29.4 Å². The van der Waals surface area contributed by atoms with E-state index in [0.29, 0.717) is 18.0 Å². The predicted octanol–water partition coefficient (Wildman–Crippen LogP) is 2.59. The number of carbonyl (C=O) groups excluding carboxylic acids is 2. The first-order valence-electron chi connectivity index (χ1n) is 6.90. The Hall–Kier alpha value is -1.89. The van der Waals surface area contributed by atoms with Crippen LogP contribution in [0.4, 0.5) is 10.5 Å². The third kappa shape index (κ3) is 7.78. The van der Waals surface area contributed by atoms with Crippen LogP contribution in [-0.2, 0) is 9.53 Å². The number of carbonyl (C=O) groups is 2. The van der Waals surface area contributed by atoms with Crippen LogP contribution >= 0.6 is 11.8 Å². The van der Waals surface area contributed by atoms with Crippen LogP contribution in [0, 0.1) is 0 Å². The molecule has 0 aliphatic rings. The fourth-order valence-electron chi connectivity index (χ4n) is 1.47. The van der Waals surface area contributed by atoms with Gasteiger partial charge in [-0.1, -0.05) is 12.1 Å². The Kier molecular flexibility index (Phi) is 7.04. The molecule has 1 aromatic rings. The summed E-state index contributed by atoms with van der Waals surface area (Å²) in [6, 6.07) is 6.55. The van der Waals surface area contributed by atoms with Gasteiger partial charge in [0.15, 0.2) is 0 Å². The van der Waals surface area contributed by atoms with Gasteiger partial charge in [0.25, 0.3) is 0 Å². The molecule has 0 unspecified atom stereocenters. The second-order valence-corrected chi connectivity index (χ2v) is 6.65. The molecular weight excluding hydrogens is 304 g/mol. The minimum absolute atomic E-state index is 0.0347. The van der Waals surface area contributed by atoms with Gasteiger partial charge >= 0.3 is 6.09 Å². The molecule has 0 aromatic heterocycles. The van der Waals surface area contributed by atoms with Gasteiger partial charge in [0.1, 0.15) is 11.4 Å². The molecule has 1 rings (SSSR count). The molecule has 2 amide bonds. The van der Waals surface area contributed by atoms with E-state index in [1.807, 2.05) is 0 Å². The van der Waals surface area contributed by atoms with Gasteiger partial charge in [-0.25, -0.2) is 4.79 Å². The SMILES string of the molecule is CC(C)(C)OC(=O)NCCSCC(=O)Nc1ccccc1O. The van der Waals surface area contributed by atoms with E-state index < -0.39 is 11.7 Å². The van der Waals surface area contributed by atoms with E-state index in [9.17, 15) is 14.7 Å². The summed E-state index contributed by atoms with van der Waals surface area (Å²) in [5.41, 5.74) is -0.130. The summed E-state index contributed by atoms with van der Waals surface area (Å²) < 4.78 is 5.09. The molecule has 0 bridgehead atoms. The average Bonchev–Trinajstić information content (AvgIpc) is 2.39. The topological polar surface area (TPSA) is 87.7 Å². The van der Waals surface area contributed by atoms with Gasteiger partial charge < -0.3 is 20.5 Å². The van der Waals surface area contributed by atoms with Crippen molar-refractivity contribution in [3.63, 3.8) is 0 Å². The maximum atomic E-state index is 11.7. The Balaban J connectivity index is 2.16. The lowest BCUT2D eigenvalue weighted by atomic mass is 10.2. The largest absolute Gasteiger partial charge is 0.506 e. The first-order valence-corrected chi connectivity index (χ1v) is 8.06. The fourth-order valence-corrected chi connectivity index (χ4v) is 2.12. The van der Waals surface area contributed by atoms with Crippen molar-refractivity contribution in [2.45, 2.75) is 26.4 Å². The monoisotopic (exact) mass is 326 g/mol. The van der Waals surface area contributed by atoms with Gasteiger partial charge in [0.2, 0.25) is 5.91 Å². The normalized spacial score (nSPS) is 10.9. The number of alkyl carbamates (subject to hydrolysis) is 1. The van der Waals surface area contributed by atoms with Gasteiger partial charge in [0, 0.05) is 12.3 Å². The predicted molar refractivity (Wildman–Crippen MR) is 88.3 cm³/mol. The molecule has 22 heavy (non-hydrogen) atoms. The van der Waals surface area contributed by atoms with Crippen molar-refractivity contribution < 1.29 is 19.4 Å². The van der Waals surface area contributed by atoms with Crippen LogP contribution in [0.5, 0.6) is 5.75 Å². The molecule has 6 nitrogen and oxygen atoms in total. The zero-order valence-corrected chi connectivity index (χ0v) is 13.8. The lowest BCUT2D eigenvalue weighted by Gasteiger charge is -2.19.